The Kier molecular flexibility index (Phi) is 25.6. The highest BCUT2D eigenvalue weighted by molar-refractivity contribution is 7.47. The lowest BCUT2D eigenvalue weighted by Gasteiger charge is -2.41. The number of hydrogen-bond donors (Lipinski definition) is 8. The molecule has 0 aromatic heterocycles. The molecule has 1 aliphatic carbocycles. The van der Waals surface area contributed by atoms with Crippen LogP contribution in [-0.2, 0) is 18.4 Å². The average molecular weight is 712 g/mol. The number of aliphatic hydroxyl groups excluding tert-OH is 6. The molecule has 0 aromatic carbocycles. The molecule has 1 saturated carbocycles. The largest absolute Gasteiger partial charge is 0.472 e. The Hall–Kier alpha value is -0.660. The first-order chi connectivity index (χ1) is 22.9. The van der Waals surface area contributed by atoms with E-state index in [9.17, 15) is 44.9 Å². The number of carbonyl (C=O) groups is 1. The summed E-state index contributed by atoms with van der Waals surface area (Å²) in [6, 6.07) is -1.02. The van der Waals surface area contributed by atoms with Crippen molar-refractivity contribution in [3.8, 4) is 0 Å². The lowest BCUT2D eigenvalue weighted by molar-refractivity contribution is -0.220. The van der Waals surface area contributed by atoms with Gasteiger partial charge in [-0.05, 0) is 12.8 Å². The van der Waals surface area contributed by atoms with Crippen molar-refractivity contribution in [2.45, 2.75) is 210 Å². The zero-order valence-corrected chi connectivity index (χ0v) is 30.7. The van der Waals surface area contributed by atoms with Crippen LogP contribution < -0.4 is 5.32 Å². The van der Waals surface area contributed by atoms with E-state index in [1.165, 1.54) is 83.5 Å². The van der Waals surface area contributed by atoms with Gasteiger partial charge in [-0.15, -0.1) is 0 Å². The highest BCUT2D eigenvalue weighted by Crippen LogP contribution is 2.47. The number of phosphoric ester groups is 1. The fourth-order valence-electron chi connectivity index (χ4n) is 6.20. The Labute approximate surface area is 289 Å². The van der Waals surface area contributed by atoms with E-state index in [0.29, 0.717) is 19.3 Å². The molecule has 0 spiro atoms. The van der Waals surface area contributed by atoms with Crippen LogP contribution in [0.4, 0.5) is 0 Å². The number of unbranched alkanes of at least 4 members (excludes halogenated alkanes) is 19. The van der Waals surface area contributed by atoms with Gasteiger partial charge in [0.1, 0.15) is 36.6 Å². The Balaban J connectivity index is 2.59. The van der Waals surface area contributed by atoms with Crippen molar-refractivity contribution in [1.29, 1.82) is 0 Å². The van der Waals surface area contributed by atoms with Gasteiger partial charge in [0.25, 0.3) is 0 Å². The molecule has 1 aliphatic rings. The van der Waals surface area contributed by atoms with E-state index in [2.05, 4.69) is 19.2 Å². The molecule has 9 atom stereocenters. The van der Waals surface area contributed by atoms with Crippen LogP contribution in [0.2, 0.25) is 0 Å². The van der Waals surface area contributed by atoms with Gasteiger partial charge >= 0.3 is 7.82 Å². The third-order valence-electron chi connectivity index (χ3n) is 9.42. The van der Waals surface area contributed by atoms with Crippen molar-refractivity contribution in [2.24, 2.45) is 0 Å². The van der Waals surface area contributed by atoms with Crippen LogP contribution in [0.15, 0.2) is 0 Å². The van der Waals surface area contributed by atoms with Gasteiger partial charge in [0.2, 0.25) is 5.91 Å². The normalized spacial score (nSPS) is 25.4. The molecule has 6 unspecified atom stereocenters. The topological polar surface area (TPSA) is 206 Å². The molecule has 1 rings (SSSR count). The summed E-state index contributed by atoms with van der Waals surface area (Å²) >= 11 is 0. The monoisotopic (exact) mass is 711 g/mol. The fourth-order valence-corrected chi connectivity index (χ4v) is 7.17. The lowest BCUT2D eigenvalue weighted by atomic mass is 9.85. The van der Waals surface area contributed by atoms with Gasteiger partial charge in [-0.1, -0.05) is 142 Å². The van der Waals surface area contributed by atoms with E-state index in [-0.39, 0.29) is 12.3 Å². The molecule has 0 aliphatic heterocycles. The maximum Gasteiger partial charge on any atom is 0.472 e. The van der Waals surface area contributed by atoms with Crippen LogP contribution in [-0.4, -0.2) is 96.8 Å². The predicted molar refractivity (Wildman–Crippen MR) is 186 cm³/mol. The second kappa shape index (κ2) is 27.1. The Bertz CT molecular complexity index is 837. The van der Waals surface area contributed by atoms with Crippen molar-refractivity contribution >= 4 is 13.7 Å². The van der Waals surface area contributed by atoms with Gasteiger partial charge < -0.3 is 40.8 Å². The summed E-state index contributed by atoms with van der Waals surface area (Å²) < 4.78 is 22.8. The molecule has 8 N–H and O–H groups in total. The minimum atomic E-state index is -5.03. The highest BCUT2D eigenvalue weighted by Gasteiger charge is 2.51. The first-order valence-electron chi connectivity index (χ1n) is 19.0. The number of hydrogen-bond acceptors (Lipinski definition) is 10. The number of nitrogens with one attached hydrogen (secondary N) is 1. The summed E-state index contributed by atoms with van der Waals surface area (Å²) in [5.74, 6) is -0.312. The van der Waals surface area contributed by atoms with Crippen molar-refractivity contribution in [1.82, 2.24) is 5.32 Å². The number of amides is 1. The smallest absolute Gasteiger partial charge is 0.391 e. The third kappa shape index (κ3) is 19.7. The van der Waals surface area contributed by atoms with E-state index in [1.807, 2.05) is 0 Å². The average Bonchev–Trinajstić information content (AvgIpc) is 3.06. The van der Waals surface area contributed by atoms with Gasteiger partial charge in [0.05, 0.1) is 18.8 Å². The summed E-state index contributed by atoms with van der Waals surface area (Å²) in [4.78, 5) is 23.2. The highest BCUT2D eigenvalue weighted by atomic mass is 31.2. The van der Waals surface area contributed by atoms with Crippen LogP contribution in [0.1, 0.15) is 162 Å². The fraction of sp³-hybridized carbons (Fsp3) is 0.971. The SMILES string of the molecule is CCCCCCCCCCCCC[C@@H](O)[C@H](COP(=O)(O)OC1C(O)C(O)C(O)[C@@H](O)C1O)NC(=O)CCCCCCCCCCCC. The zero-order chi connectivity index (χ0) is 35.8. The maximum atomic E-state index is 12.8. The summed E-state index contributed by atoms with van der Waals surface area (Å²) in [6.07, 6.45) is 11.6. The third-order valence-corrected chi connectivity index (χ3v) is 10.4. The van der Waals surface area contributed by atoms with Crippen LogP contribution in [0.25, 0.3) is 0 Å². The molecule has 0 bridgehead atoms. The molecule has 0 saturated heterocycles. The molecule has 286 valence electrons. The molecule has 12 nitrogen and oxygen atoms in total. The molecule has 13 heteroatoms. The molecule has 1 fully saturated rings. The van der Waals surface area contributed by atoms with Crippen molar-refractivity contribution in [3.05, 3.63) is 0 Å². The molecule has 0 heterocycles. The number of aliphatic hydroxyl groups is 6. The van der Waals surface area contributed by atoms with Gasteiger partial charge in [-0.2, -0.15) is 0 Å². The van der Waals surface area contributed by atoms with E-state index < -0.39 is 63.2 Å². The van der Waals surface area contributed by atoms with Crippen molar-refractivity contribution in [3.63, 3.8) is 0 Å². The molecular formula is C35H70NO11P. The summed E-state index contributed by atoms with van der Waals surface area (Å²) in [5.41, 5.74) is 0. The van der Waals surface area contributed by atoms with E-state index in [0.717, 1.165) is 38.5 Å². The summed E-state index contributed by atoms with van der Waals surface area (Å²) in [7, 11) is -5.03. The number of rotatable bonds is 30. The van der Waals surface area contributed by atoms with Gasteiger partial charge in [-0.3, -0.25) is 13.8 Å². The van der Waals surface area contributed by atoms with Crippen LogP contribution in [0.3, 0.4) is 0 Å². The van der Waals surface area contributed by atoms with Gasteiger partial charge in [0, 0.05) is 6.42 Å². The van der Waals surface area contributed by atoms with E-state index in [1.54, 1.807) is 0 Å². The lowest BCUT2D eigenvalue weighted by Crippen LogP contribution is -2.64. The molecule has 0 aromatic rings. The number of carbonyl (C=O) groups excluding carboxylic acids is 1. The Morgan fingerprint density at radius 2 is 1.00 bits per heavy atom. The summed E-state index contributed by atoms with van der Waals surface area (Å²) in [6.45, 7) is 3.82. The van der Waals surface area contributed by atoms with Crippen molar-refractivity contribution in [2.75, 3.05) is 6.61 Å². The first-order valence-corrected chi connectivity index (χ1v) is 20.5. The predicted octanol–water partition coefficient (Wildman–Crippen LogP) is 5.16. The maximum absolute atomic E-state index is 12.8. The van der Waals surface area contributed by atoms with E-state index >= 15 is 0 Å². The molecular weight excluding hydrogens is 641 g/mol. The van der Waals surface area contributed by atoms with Gasteiger partial charge in [-0.25, -0.2) is 4.57 Å². The van der Waals surface area contributed by atoms with E-state index in [4.69, 9.17) is 9.05 Å². The van der Waals surface area contributed by atoms with Crippen molar-refractivity contribution < 1.29 is 53.9 Å². The Morgan fingerprint density at radius 3 is 1.44 bits per heavy atom. The zero-order valence-electron chi connectivity index (χ0n) is 29.8. The minimum absolute atomic E-state index is 0.240. The number of phosphoric acid groups is 1. The van der Waals surface area contributed by atoms with Crippen LogP contribution in [0.5, 0.6) is 0 Å². The second-order valence-corrected chi connectivity index (χ2v) is 15.2. The molecule has 48 heavy (non-hydrogen) atoms. The standard InChI is InChI=1S/C35H70NO11P/c1-3-5-7-9-11-13-15-16-18-20-22-24-28(37)27(36-29(38)25-23-21-19-17-14-12-10-8-6-4-2)26-46-48(44,45)47-35-33(42)31(40)30(39)32(41)34(35)43/h27-28,30-35,37,39-43H,3-26H2,1-2H3,(H,36,38)(H,44,45)/t27-,28+,30?,31+,32?,33?,34?,35?/m0/s1. The second-order valence-electron chi connectivity index (χ2n) is 13.8. The first kappa shape index (κ1) is 45.4. The summed E-state index contributed by atoms with van der Waals surface area (Å²) in [5, 5.41) is 63.7. The molecule has 1 amide bonds. The quantitative estimate of drug-likeness (QED) is 0.0361. The Morgan fingerprint density at radius 1 is 0.625 bits per heavy atom. The van der Waals surface area contributed by atoms with Crippen LogP contribution in [0, 0.1) is 0 Å². The minimum Gasteiger partial charge on any atom is -0.391 e. The molecule has 0 radical (unpaired) electrons. The van der Waals surface area contributed by atoms with Gasteiger partial charge in [0.15, 0.2) is 0 Å². The van der Waals surface area contributed by atoms with Crippen LogP contribution >= 0.6 is 7.82 Å².